The number of carbonyl (C=O) groups is 2. The number of hydrogen-bond acceptors (Lipinski definition) is 6. The van der Waals surface area contributed by atoms with Gasteiger partial charge in [-0.15, -0.1) is 0 Å². The third kappa shape index (κ3) is 4.71. The van der Waals surface area contributed by atoms with Gasteiger partial charge in [-0.2, -0.15) is 0 Å². The summed E-state index contributed by atoms with van der Waals surface area (Å²) in [5, 5.41) is 0. The molecule has 0 bridgehead atoms. The summed E-state index contributed by atoms with van der Waals surface area (Å²) in [6.45, 7) is 2.28. The summed E-state index contributed by atoms with van der Waals surface area (Å²) in [5.41, 5.74) is 0.886. The fourth-order valence-corrected chi connectivity index (χ4v) is 5.07. The van der Waals surface area contributed by atoms with Crippen LogP contribution in [-0.4, -0.2) is 68.0 Å². The molecule has 0 radical (unpaired) electrons. The molecule has 0 saturated carbocycles. The van der Waals surface area contributed by atoms with Crippen molar-refractivity contribution >= 4 is 21.7 Å². The smallest absolute Gasteiger partial charge is 0.231 e. The van der Waals surface area contributed by atoms with Crippen LogP contribution in [0.5, 0.6) is 11.5 Å². The average molecular weight is 396 g/mol. The van der Waals surface area contributed by atoms with Gasteiger partial charge < -0.3 is 19.3 Å². The number of hydrogen-bond donors (Lipinski definition) is 0. The van der Waals surface area contributed by atoms with Crippen molar-refractivity contribution in [2.24, 2.45) is 0 Å². The molecule has 0 aliphatic carbocycles. The van der Waals surface area contributed by atoms with E-state index in [1.165, 1.54) is 11.8 Å². The highest BCUT2D eigenvalue weighted by molar-refractivity contribution is 7.91. The summed E-state index contributed by atoms with van der Waals surface area (Å²) in [4.78, 5) is 27.5. The van der Waals surface area contributed by atoms with Crippen LogP contribution in [0, 0.1) is 0 Å². The van der Waals surface area contributed by atoms with Crippen molar-refractivity contribution in [1.82, 2.24) is 9.80 Å². The summed E-state index contributed by atoms with van der Waals surface area (Å²) >= 11 is 0. The molecule has 2 amide bonds. The molecule has 0 aromatic heterocycles. The average Bonchev–Trinajstić information content (AvgIpc) is 3.22. The fraction of sp³-hybridized carbons (Fsp3) is 0.556. The second-order valence-corrected chi connectivity index (χ2v) is 9.17. The molecule has 3 rings (SSSR count). The molecule has 1 unspecified atom stereocenters. The highest BCUT2D eigenvalue weighted by Crippen LogP contribution is 2.32. The Morgan fingerprint density at radius 3 is 2.63 bits per heavy atom. The number of fused-ring (bicyclic) bond motifs is 1. The van der Waals surface area contributed by atoms with Crippen molar-refractivity contribution in [1.29, 1.82) is 0 Å². The Kier molecular flexibility index (Phi) is 5.59. The lowest BCUT2D eigenvalue weighted by molar-refractivity contribution is -0.134. The normalized spacial score (nSPS) is 19.7. The Balaban J connectivity index is 1.56. The monoisotopic (exact) mass is 396 g/mol. The van der Waals surface area contributed by atoms with Gasteiger partial charge in [0.25, 0.3) is 0 Å². The van der Waals surface area contributed by atoms with Gasteiger partial charge in [0.2, 0.25) is 18.6 Å². The first kappa shape index (κ1) is 19.5. The van der Waals surface area contributed by atoms with Gasteiger partial charge in [-0.05, 0) is 24.1 Å². The van der Waals surface area contributed by atoms with Crippen molar-refractivity contribution in [2.45, 2.75) is 32.4 Å². The molecule has 9 heteroatoms. The van der Waals surface area contributed by atoms with Crippen molar-refractivity contribution in [3.8, 4) is 11.5 Å². The summed E-state index contributed by atoms with van der Waals surface area (Å²) in [6, 6.07) is 5.22. The first-order valence-corrected chi connectivity index (χ1v) is 10.7. The Morgan fingerprint density at radius 1 is 1.22 bits per heavy atom. The molecular weight excluding hydrogens is 372 g/mol. The molecule has 0 N–H and O–H groups in total. The van der Waals surface area contributed by atoms with Gasteiger partial charge in [0.1, 0.15) is 0 Å². The molecule has 1 aromatic rings. The van der Waals surface area contributed by atoms with Crippen molar-refractivity contribution in [3.63, 3.8) is 0 Å². The Bertz CT molecular complexity index is 838. The van der Waals surface area contributed by atoms with Crippen LogP contribution in [0.15, 0.2) is 18.2 Å². The predicted octanol–water partition coefficient (Wildman–Crippen LogP) is 0.799. The van der Waals surface area contributed by atoms with Gasteiger partial charge in [-0.3, -0.25) is 9.59 Å². The summed E-state index contributed by atoms with van der Waals surface area (Å²) in [7, 11) is -1.42. The van der Waals surface area contributed by atoms with Crippen LogP contribution in [0.1, 0.15) is 25.3 Å². The zero-order valence-electron chi connectivity index (χ0n) is 15.5. The van der Waals surface area contributed by atoms with E-state index in [4.69, 9.17) is 9.47 Å². The largest absolute Gasteiger partial charge is 0.454 e. The highest BCUT2D eigenvalue weighted by atomic mass is 32.2. The van der Waals surface area contributed by atoms with E-state index in [-0.39, 0.29) is 49.1 Å². The van der Waals surface area contributed by atoms with E-state index in [1.54, 1.807) is 18.0 Å². The number of nitrogens with zero attached hydrogens (tertiary/aromatic N) is 2. The van der Waals surface area contributed by atoms with Gasteiger partial charge >= 0.3 is 0 Å². The second-order valence-electron chi connectivity index (χ2n) is 6.94. The van der Waals surface area contributed by atoms with Gasteiger partial charge in [0.15, 0.2) is 21.3 Å². The molecule has 1 saturated heterocycles. The van der Waals surface area contributed by atoms with Gasteiger partial charge in [-0.25, -0.2) is 8.42 Å². The van der Waals surface area contributed by atoms with E-state index >= 15 is 0 Å². The molecule has 0 spiro atoms. The van der Waals surface area contributed by atoms with Crippen LogP contribution in [0.3, 0.4) is 0 Å². The summed E-state index contributed by atoms with van der Waals surface area (Å²) in [6.07, 6.45) is 0.620. The molecule has 27 heavy (non-hydrogen) atoms. The SMILES string of the molecule is CC(=O)N(CCC(=O)N(C)C1CCS(=O)(=O)C1)Cc1ccc2c(c1)OCO2. The lowest BCUT2D eigenvalue weighted by atomic mass is 10.1. The third-order valence-electron chi connectivity index (χ3n) is 5.00. The van der Waals surface area contributed by atoms with E-state index in [0.29, 0.717) is 24.5 Å². The number of carbonyl (C=O) groups excluding carboxylic acids is 2. The van der Waals surface area contributed by atoms with E-state index in [2.05, 4.69) is 0 Å². The van der Waals surface area contributed by atoms with E-state index in [1.807, 2.05) is 12.1 Å². The summed E-state index contributed by atoms with van der Waals surface area (Å²) in [5.74, 6) is 1.17. The summed E-state index contributed by atoms with van der Waals surface area (Å²) < 4.78 is 33.8. The van der Waals surface area contributed by atoms with Crippen LogP contribution in [-0.2, 0) is 26.0 Å². The van der Waals surface area contributed by atoms with Crippen LogP contribution in [0.2, 0.25) is 0 Å². The van der Waals surface area contributed by atoms with Crippen molar-refractivity contribution in [2.75, 3.05) is 31.9 Å². The third-order valence-corrected chi connectivity index (χ3v) is 6.75. The first-order valence-electron chi connectivity index (χ1n) is 8.85. The minimum Gasteiger partial charge on any atom is -0.454 e. The maximum atomic E-state index is 12.4. The van der Waals surface area contributed by atoms with E-state index in [0.717, 1.165) is 5.56 Å². The highest BCUT2D eigenvalue weighted by Gasteiger charge is 2.32. The molecule has 2 heterocycles. The number of amides is 2. The van der Waals surface area contributed by atoms with Crippen LogP contribution in [0.4, 0.5) is 0 Å². The number of sulfone groups is 1. The maximum absolute atomic E-state index is 12.4. The van der Waals surface area contributed by atoms with Crippen molar-refractivity contribution < 1.29 is 27.5 Å². The van der Waals surface area contributed by atoms with Gasteiger partial charge in [0, 0.05) is 39.5 Å². The molecule has 1 atom stereocenters. The number of benzene rings is 1. The quantitative estimate of drug-likeness (QED) is 0.706. The second kappa shape index (κ2) is 7.75. The molecule has 148 valence electrons. The Morgan fingerprint density at radius 2 is 1.96 bits per heavy atom. The van der Waals surface area contributed by atoms with Gasteiger partial charge in [-0.1, -0.05) is 6.07 Å². The lowest BCUT2D eigenvalue weighted by Crippen LogP contribution is -2.40. The minimum atomic E-state index is -3.04. The van der Waals surface area contributed by atoms with Crippen molar-refractivity contribution in [3.05, 3.63) is 23.8 Å². The fourth-order valence-electron chi connectivity index (χ4n) is 3.30. The van der Waals surface area contributed by atoms with Gasteiger partial charge in [0.05, 0.1) is 11.5 Å². The van der Waals surface area contributed by atoms with E-state index in [9.17, 15) is 18.0 Å². The zero-order chi connectivity index (χ0) is 19.6. The zero-order valence-corrected chi connectivity index (χ0v) is 16.3. The van der Waals surface area contributed by atoms with Crippen LogP contribution >= 0.6 is 0 Å². The number of rotatable bonds is 6. The molecule has 2 aliphatic rings. The van der Waals surface area contributed by atoms with Crippen LogP contribution < -0.4 is 9.47 Å². The Hall–Kier alpha value is -2.29. The molecular formula is C18H24N2O6S. The van der Waals surface area contributed by atoms with Crippen LogP contribution in [0.25, 0.3) is 0 Å². The molecule has 8 nitrogen and oxygen atoms in total. The topological polar surface area (TPSA) is 93.2 Å². The molecule has 1 fully saturated rings. The molecule has 2 aliphatic heterocycles. The predicted molar refractivity (Wildman–Crippen MR) is 98.1 cm³/mol. The molecule has 1 aromatic carbocycles. The van der Waals surface area contributed by atoms with E-state index < -0.39 is 9.84 Å². The lowest BCUT2D eigenvalue weighted by Gasteiger charge is -2.26. The Labute approximate surface area is 158 Å². The maximum Gasteiger partial charge on any atom is 0.231 e. The minimum absolute atomic E-state index is 0.0167. The first-order chi connectivity index (χ1) is 12.7. The standard InChI is InChI=1S/C18H24N2O6S/c1-13(21)20(10-14-3-4-16-17(9-14)26-12-25-16)7-5-18(22)19(2)15-6-8-27(23,24)11-15/h3-4,9,15H,5-8,10-12H2,1-2H3. The number of ether oxygens (including phenoxy) is 2.